The minimum absolute atomic E-state index is 0.000274. The van der Waals surface area contributed by atoms with Crippen LogP contribution in [0.1, 0.15) is 16.7 Å². The van der Waals surface area contributed by atoms with Crippen molar-refractivity contribution in [3.8, 4) is 22.9 Å². The molecular formula is C52H39N11O18S5. The zero-order valence-corrected chi connectivity index (χ0v) is 48.3. The van der Waals surface area contributed by atoms with Crippen molar-refractivity contribution in [2.24, 2.45) is 40.9 Å². The first-order valence-electron chi connectivity index (χ1n) is 23.9. The highest BCUT2D eigenvalue weighted by atomic mass is 32.2. The van der Waals surface area contributed by atoms with Crippen molar-refractivity contribution in [2.45, 2.75) is 35.5 Å². The second-order valence-electron chi connectivity index (χ2n) is 18.0. The number of hydrogen-bond acceptors (Lipinski definition) is 25. The fraction of sp³-hybridized carbons (Fsp3) is 0.0769. The zero-order chi connectivity index (χ0) is 62.6. The summed E-state index contributed by atoms with van der Waals surface area (Å²) in [5.74, 6) is -0.114. The lowest BCUT2D eigenvalue weighted by atomic mass is 10.1. The second-order valence-corrected chi connectivity index (χ2v) is 23.0. The maximum Gasteiger partial charge on any atom is 0.425 e. The second kappa shape index (κ2) is 25.0. The average Bonchev–Trinajstić information content (AvgIpc) is 1.50. The van der Waals surface area contributed by atoms with Crippen molar-refractivity contribution >= 4 is 140 Å². The predicted octanol–water partition coefficient (Wildman–Crippen LogP) is 11.6. The van der Waals surface area contributed by atoms with Crippen LogP contribution in [0.25, 0.3) is 49.0 Å². The molecule has 5 N–H and O–H groups in total. The number of rotatable bonds is 13. The zero-order valence-electron chi connectivity index (χ0n) is 44.2. The molecular weight excluding hydrogens is 1230 g/mol. The van der Waals surface area contributed by atoms with Crippen molar-refractivity contribution in [3.05, 3.63) is 150 Å². The summed E-state index contributed by atoms with van der Waals surface area (Å²) in [7, 11) is -19.3. The van der Waals surface area contributed by atoms with Gasteiger partial charge in [-0.15, -0.1) is 50.8 Å². The van der Waals surface area contributed by atoms with E-state index in [9.17, 15) is 49.1 Å². The van der Waals surface area contributed by atoms with Crippen molar-refractivity contribution < 1.29 is 79.1 Å². The fourth-order valence-corrected chi connectivity index (χ4v) is 10.4. The molecule has 0 aliphatic carbocycles. The minimum atomic E-state index is -4.92. The molecule has 29 nitrogen and oxygen atoms in total. The summed E-state index contributed by atoms with van der Waals surface area (Å²) in [6.07, 6.45) is 0. The van der Waals surface area contributed by atoms with Gasteiger partial charge in [-0.3, -0.25) is 13.7 Å². The van der Waals surface area contributed by atoms with Crippen LogP contribution in [0.2, 0.25) is 0 Å². The van der Waals surface area contributed by atoms with Crippen LogP contribution in [0.5, 0.6) is 17.2 Å². The van der Waals surface area contributed by atoms with E-state index in [0.29, 0.717) is 56.3 Å². The van der Waals surface area contributed by atoms with E-state index in [1.54, 1.807) is 78.9 Å². The number of azo groups is 4. The van der Waals surface area contributed by atoms with Gasteiger partial charge in [-0.1, -0.05) is 30.3 Å². The molecule has 1 heterocycles. The summed E-state index contributed by atoms with van der Waals surface area (Å²) >= 11 is 0. The third kappa shape index (κ3) is 14.3. The van der Waals surface area contributed by atoms with Gasteiger partial charge in [0, 0.05) is 22.2 Å². The molecule has 0 bridgehead atoms. The largest absolute Gasteiger partial charge is 0.507 e. The van der Waals surface area contributed by atoms with Gasteiger partial charge < -0.3 is 14.9 Å². The number of ether oxygens (including phenoxy) is 1. The molecule has 86 heavy (non-hydrogen) atoms. The molecule has 0 amide bonds. The number of aromatic nitrogens is 3. The number of aryl methyl sites for hydroxylation is 3. The van der Waals surface area contributed by atoms with Crippen LogP contribution >= 0.6 is 0 Å². The molecule has 440 valence electrons. The Kier molecular flexibility index (Phi) is 18.0. The molecule has 0 aliphatic rings. The molecule has 9 aromatic carbocycles. The van der Waals surface area contributed by atoms with Gasteiger partial charge in [0.1, 0.15) is 49.4 Å². The first-order chi connectivity index (χ1) is 40.5. The number of benzene rings is 9. The van der Waals surface area contributed by atoms with Gasteiger partial charge in [-0.2, -0.15) is 55.6 Å². The van der Waals surface area contributed by atoms with Crippen LogP contribution in [-0.2, 0) is 51.6 Å². The van der Waals surface area contributed by atoms with Gasteiger partial charge in [-0.25, -0.2) is 0 Å². The summed E-state index contributed by atoms with van der Waals surface area (Å²) in [4.78, 5) is -0.782. The third-order valence-corrected chi connectivity index (χ3v) is 15.0. The number of methoxy groups -OCH3 is 1. The van der Waals surface area contributed by atoms with Crippen molar-refractivity contribution in [3.63, 3.8) is 0 Å². The van der Waals surface area contributed by atoms with E-state index in [1.807, 2.05) is 26.8 Å². The van der Waals surface area contributed by atoms with Gasteiger partial charge in [0.15, 0.2) is 5.75 Å². The molecule has 10 rings (SSSR count). The Morgan fingerprint density at radius 2 is 1.02 bits per heavy atom. The SMILES string of the molecule is COc1cc(N=Nc2c(S(=O)(=O)O)ccc3cccc(O)c23)ccc1N=Nc1ccc(N=Nc2cc(C)c(N=Nc3ccc4cc(-n5nc6ccc7c(S(=O)(=O)O)cc(S(=O)(=O)O)cc7c6n5)ccc4c3O)cc2C)cc1C.O=S(=O)=O.O=S(=O)=O. The Morgan fingerprint density at radius 3 is 1.65 bits per heavy atom. The Morgan fingerprint density at radius 1 is 0.477 bits per heavy atom. The highest BCUT2D eigenvalue weighted by Crippen LogP contribution is 2.42. The lowest BCUT2D eigenvalue weighted by Crippen LogP contribution is -2.04. The number of phenols is 2. The van der Waals surface area contributed by atoms with E-state index in [2.05, 4.69) is 51.1 Å². The maximum absolute atomic E-state index is 12.2. The van der Waals surface area contributed by atoms with Crippen LogP contribution in [-0.4, -0.2) is 96.5 Å². The molecule has 0 atom stereocenters. The molecule has 0 saturated heterocycles. The van der Waals surface area contributed by atoms with Gasteiger partial charge in [0.2, 0.25) is 0 Å². The van der Waals surface area contributed by atoms with Gasteiger partial charge in [-0.05, 0) is 145 Å². The van der Waals surface area contributed by atoms with Crippen molar-refractivity contribution in [1.29, 1.82) is 0 Å². The van der Waals surface area contributed by atoms with Gasteiger partial charge in [0.05, 0.1) is 51.5 Å². The van der Waals surface area contributed by atoms with Crippen LogP contribution in [0.15, 0.2) is 189 Å². The maximum atomic E-state index is 12.2. The quantitative estimate of drug-likeness (QED) is 0.0528. The van der Waals surface area contributed by atoms with E-state index in [-0.39, 0.29) is 61.5 Å². The molecule has 0 fully saturated rings. The lowest BCUT2D eigenvalue weighted by molar-refractivity contribution is 0.416. The molecule has 34 heteroatoms. The van der Waals surface area contributed by atoms with Crippen LogP contribution < -0.4 is 4.74 Å². The molecule has 10 aromatic rings. The summed E-state index contributed by atoms with van der Waals surface area (Å²) in [5, 5.41) is 67.1. The summed E-state index contributed by atoms with van der Waals surface area (Å²) in [6, 6.07) is 33.5. The van der Waals surface area contributed by atoms with E-state index in [4.69, 9.17) is 30.0 Å². The van der Waals surface area contributed by atoms with E-state index in [0.717, 1.165) is 22.8 Å². The molecule has 0 radical (unpaired) electrons. The monoisotopic (exact) mass is 1270 g/mol. The number of hydrogen-bond donors (Lipinski definition) is 5. The Labute approximate surface area is 488 Å². The third-order valence-electron chi connectivity index (χ3n) is 12.3. The van der Waals surface area contributed by atoms with Crippen molar-refractivity contribution in [1.82, 2.24) is 15.0 Å². The number of nitrogens with zero attached hydrogens (tertiary/aromatic N) is 11. The number of fused-ring (bicyclic) bond motifs is 5. The van der Waals surface area contributed by atoms with Gasteiger partial charge >= 0.3 is 21.2 Å². The Hall–Kier alpha value is -10.1. The first kappa shape index (κ1) is 62.0. The first-order valence-corrected chi connectivity index (χ1v) is 30.2. The molecule has 0 saturated carbocycles. The molecule has 1 aromatic heterocycles. The van der Waals surface area contributed by atoms with Crippen LogP contribution in [0.3, 0.4) is 0 Å². The molecule has 0 unspecified atom stereocenters. The normalized spacial score (nSPS) is 12.1. The minimum Gasteiger partial charge on any atom is -0.507 e. The number of aromatic hydroxyl groups is 2. The van der Waals surface area contributed by atoms with Crippen molar-refractivity contribution in [2.75, 3.05) is 7.11 Å². The van der Waals surface area contributed by atoms with E-state index in [1.165, 1.54) is 48.3 Å². The summed E-state index contributed by atoms with van der Waals surface area (Å²) in [6.45, 7) is 5.52. The Balaban J connectivity index is 0.00000113. The van der Waals surface area contributed by atoms with Crippen LogP contribution in [0.4, 0.5) is 45.5 Å². The Bertz CT molecular complexity index is 5140. The topological polar surface area (TPSA) is 445 Å². The molecule has 0 spiro atoms. The smallest absolute Gasteiger partial charge is 0.425 e. The van der Waals surface area contributed by atoms with Crippen LogP contribution in [0, 0.1) is 20.8 Å². The summed E-state index contributed by atoms with van der Waals surface area (Å²) < 4.78 is 158. The highest BCUT2D eigenvalue weighted by Gasteiger charge is 2.24. The van der Waals surface area contributed by atoms with E-state index < -0.39 is 66.3 Å². The van der Waals surface area contributed by atoms with Gasteiger partial charge in [0.25, 0.3) is 30.4 Å². The summed E-state index contributed by atoms with van der Waals surface area (Å²) in [5.41, 5.74) is 5.73. The fourth-order valence-electron chi connectivity index (χ4n) is 8.42. The highest BCUT2D eigenvalue weighted by molar-refractivity contribution is 7.87. The van der Waals surface area contributed by atoms with E-state index >= 15 is 0 Å². The standard InChI is InChI=1S/C52H39N11O12S3.2O3S/c1-27-20-32(10-16-39(27)55-56-40-17-11-33(24-46(40)75-4)54-60-51-47(77(69,70)71)19-9-30-6-5-7-45(64)49(30)51)53-58-43-21-29(3)44(22-28(43)2)59-57-42-15-8-31-23-34(12-13-36(31)52(42)65)63-61-41-18-14-37-38(50(41)62-63)25-35(76(66,67)68)26-48(37)78(72,73)74;2*1-4(2)3/h5-26,64-65H,1-4H3,(H,66,67,68)(H,69,70,71)(H,72,73,74);;. The average molecular weight is 1270 g/mol. The number of phenolic OH excluding ortho intramolecular Hbond substituents is 2. The lowest BCUT2D eigenvalue weighted by Gasteiger charge is -2.08. The predicted molar refractivity (Wildman–Crippen MR) is 307 cm³/mol. The molecule has 0 aliphatic heterocycles.